The molecule has 2 atom stereocenters. The first-order valence-corrected chi connectivity index (χ1v) is 9.24. The molecule has 2 aromatic rings. The van der Waals surface area contributed by atoms with E-state index in [1.54, 1.807) is 0 Å². The highest BCUT2D eigenvalue weighted by molar-refractivity contribution is 8.15. The van der Waals surface area contributed by atoms with Crippen LogP contribution in [0.5, 0.6) is 5.75 Å². The van der Waals surface area contributed by atoms with Crippen LogP contribution in [0.3, 0.4) is 0 Å². The Hall–Kier alpha value is -2.75. The molecule has 2 heterocycles. The predicted molar refractivity (Wildman–Crippen MR) is 97.2 cm³/mol. The minimum Gasteiger partial charge on any atom is -0.493 e. The summed E-state index contributed by atoms with van der Waals surface area (Å²) >= 11 is 1.08. The lowest BCUT2D eigenvalue weighted by Gasteiger charge is -2.40. The van der Waals surface area contributed by atoms with E-state index in [2.05, 4.69) is 10.5 Å². The summed E-state index contributed by atoms with van der Waals surface area (Å²) in [5.74, 6) is -1.82. The summed E-state index contributed by atoms with van der Waals surface area (Å²) in [4.78, 5) is 9.34. The first-order valence-electron chi connectivity index (χ1n) is 8.43. The molecule has 2 aliphatic rings. The maximum absolute atomic E-state index is 14.2. The van der Waals surface area contributed by atoms with Gasteiger partial charge < -0.3 is 4.74 Å². The van der Waals surface area contributed by atoms with Crippen LogP contribution in [-0.4, -0.2) is 23.1 Å². The average molecular weight is 409 g/mol. The van der Waals surface area contributed by atoms with Gasteiger partial charge in [0.15, 0.2) is 0 Å². The van der Waals surface area contributed by atoms with Gasteiger partial charge in [-0.05, 0) is 36.4 Å². The molecule has 1 spiro atoms. The van der Waals surface area contributed by atoms with Crippen LogP contribution in [0.4, 0.5) is 13.2 Å². The fraction of sp³-hybridized carbons (Fsp3) is 0.278. The van der Waals surface area contributed by atoms with E-state index in [4.69, 9.17) is 4.74 Å². The predicted octanol–water partition coefficient (Wildman–Crippen LogP) is 3.63. The number of hydrogen-bond donors (Lipinski definition) is 1. The first kappa shape index (κ1) is 18.6. The third-order valence-corrected chi connectivity index (χ3v) is 6.23. The van der Waals surface area contributed by atoms with Crippen molar-refractivity contribution in [1.82, 2.24) is 5.43 Å². The number of halogens is 3. The van der Waals surface area contributed by atoms with Crippen LogP contribution in [0.25, 0.3) is 0 Å². The molecule has 0 saturated heterocycles. The van der Waals surface area contributed by atoms with E-state index >= 15 is 0 Å². The number of hydrogen-bond acceptors (Lipinski definition) is 6. The molecule has 0 unspecified atom stereocenters. The Balaban J connectivity index is 1.75. The van der Waals surface area contributed by atoms with Crippen LogP contribution >= 0.6 is 11.8 Å². The Morgan fingerprint density at radius 2 is 2.00 bits per heavy atom. The van der Waals surface area contributed by atoms with Crippen molar-refractivity contribution in [3.05, 3.63) is 75.1 Å². The highest BCUT2D eigenvalue weighted by Crippen LogP contribution is 2.52. The van der Waals surface area contributed by atoms with Crippen molar-refractivity contribution in [2.45, 2.75) is 11.3 Å². The monoisotopic (exact) mass is 409 g/mol. The van der Waals surface area contributed by atoms with Crippen molar-refractivity contribution >= 4 is 16.8 Å². The van der Waals surface area contributed by atoms with E-state index in [1.807, 2.05) is 0 Å². The Morgan fingerprint density at radius 3 is 2.79 bits per heavy atom. The molecular weight excluding hydrogens is 395 g/mol. The minimum absolute atomic E-state index is 0.0353. The van der Waals surface area contributed by atoms with E-state index in [1.165, 1.54) is 18.2 Å². The number of hydrazone groups is 1. The van der Waals surface area contributed by atoms with Gasteiger partial charge in [-0.1, -0.05) is 11.8 Å². The molecule has 146 valence electrons. The van der Waals surface area contributed by atoms with Gasteiger partial charge in [-0.15, -0.1) is 0 Å². The second-order valence-electron chi connectivity index (χ2n) is 6.48. The summed E-state index contributed by atoms with van der Waals surface area (Å²) in [5.41, 5.74) is 3.31. The molecule has 4 rings (SSSR count). The van der Waals surface area contributed by atoms with E-state index in [0.717, 1.165) is 30.0 Å². The normalized spacial score (nSPS) is 23.0. The van der Waals surface area contributed by atoms with E-state index < -0.39 is 33.2 Å². The second kappa shape index (κ2) is 7.01. The maximum Gasteiger partial charge on any atom is 0.204 e. The summed E-state index contributed by atoms with van der Waals surface area (Å²) in [6.07, 6.45) is 0.136. The number of rotatable bonds is 4. The third-order valence-electron chi connectivity index (χ3n) is 4.76. The summed E-state index contributed by atoms with van der Waals surface area (Å²) in [6.45, 7) is -0.173. The molecule has 0 saturated carbocycles. The number of nitro groups is 1. The SMILES string of the molecule is O=[N+]([O-])CC[C@@H]1COc2ccc(F)cc2[C@@]12NN=C(c1cc(F)ccc1F)S2. The Kier molecular flexibility index (Phi) is 4.66. The topological polar surface area (TPSA) is 76.8 Å². The van der Waals surface area contributed by atoms with Crippen molar-refractivity contribution in [1.29, 1.82) is 0 Å². The van der Waals surface area contributed by atoms with Crippen LogP contribution in [0.15, 0.2) is 41.5 Å². The molecule has 2 aliphatic heterocycles. The Morgan fingerprint density at radius 1 is 1.25 bits per heavy atom. The largest absolute Gasteiger partial charge is 0.493 e. The molecular formula is C18H14F3N3O3S. The molecule has 1 N–H and O–H groups in total. The number of ether oxygens (including phenoxy) is 1. The average Bonchev–Trinajstić information content (AvgIpc) is 3.09. The molecule has 0 amide bonds. The molecule has 10 heteroatoms. The molecule has 28 heavy (non-hydrogen) atoms. The van der Waals surface area contributed by atoms with Crippen LogP contribution < -0.4 is 10.2 Å². The van der Waals surface area contributed by atoms with Crippen molar-refractivity contribution in [3.63, 3.8) is 0 Å². The summed E-state index contributed by atoms with van der Waals surface area (Å²) in [7, 11) is 0. The number of nitrogens with one attached hydrogen (secondary N) is 1. The van der Waals surface area contributed by atoms with Gasteiger partial charge >= 0.3 is 0 Å². The van der Waals surface area contributed by atoms with Crippen molar-refractivity contribution in [2.24, 2.45) is 11.0 Å². The van der Waals surface area contributed by atoms with E-state index in [0.29, 0.717) is 11.3 Å². The summed E-state index contributed by atoms with van der Waals surface area (Å²) < 4.78 is 47.5. The fourth-order valence-corrected chi connectivity index (χ4v) is 4.77. The quantitative estimate of drug-likeness (QED) is 0.617. The molecule has 0 bridgehead atoms. The second-order valence-corrected chi connectivity index (χ2v) is 7.72. The van der Waals surface area contributed by atoms with Gasteiger partial charge in [0, 0.05) is 28.4 Å². The number of thioether (sulfide) groups is 1. The van der Waals surface area contributed by atoms with Gasteiger partial charge in [0.05, 0.1) is 6.61 Å². The van der Waals surface area contributed by atoms with Gasteiger partial charge in [-0.2, -0.15) is 5.10 Å². The molecule has 0 aliphatic carbocycles. The third kappa shape index (κ3) is 3.17. The van der Waals surface area contributed by atoms with Crippen LogP contribution in [0.1, 0.15) is 17.5 Å². The lowest BCUT2D eigenvalue weighted by Crippen LogP contribution is -2.47. The fourth-order valence-electron chi connectivity index (χ4n) is 3.39. The first-order chi connectivity index (χ1) is 13.4. The van der Waals surface area contributed by atoms with Crippen molar-refractivity contribution < 1.29 is 22.8 Å². The Labute approximate surface area is 161 Å². The van der Waals surface area contributed by atoms with Gasteiger partial charge in [-0.25, -0.2) is 13.2 Å². The Bertz CT molecular complexity index is 988. The van der Waals surface area contributed by atoms with Crippen molar-refractivity contribution in [2.75, 3.05) is 13.2 Å². The standard InChI is InChI=1S/C18H14F3N3O3S/c19-11-1-3-15(21)13(7-11)17-22-23-18(28-17)10(5-6-24(25)26)9-27-16-4-2-12(20)8-14(16)18/h1-4,7-8,10,23H,5-6,9H2/t10-,18-/m1/s1. The molecule has 0 radical (unpaired) electrons. The summed E-state index contributed by atoms with van der Waals surface area (Å²) in [6, 6.07) is 7.02. The zero-order chi connectivity index (χ0) is 19.9. The number of fused-ring (bicyclic) bond motifs is 2. The summed E-state index contributed by atoms with van der Waals surface area (Å²) in [5, 5.41) is 15.2. The molecule has 2 aromatic carbocycles. The van der Waals surface area contributed by atoms with Gasteiger partial charge in [0.25, 0.3) is 0 Å². The van der Waals surface area contributed by atoms with Crippen LogP contribution in [0.2, 0.25) is 0 Å². The molecule has 0 aromatic heterocycles. The van der Waals surface area contributed by atoms with Crippen LogP contribution in [-0.2, 0) is 4.87 Å². The lowest BCUT2D eigenvalue weighted by molar-refractivity contribution is -0.482. The van der Waals surface area contributed by atoms with E-state index in [-0.39, 0.29) is 30.2 Å². The van der Waals surface area contributed by atoms with Gasteiger partial charge in [0.1, 0.15) is 33.1 Å². The molecule has 6 nitrogen and oxygen atoms in total. The number of benzene rings is 2. The van der Waals surface area contributed by atoms with Crippen molar-refractivity contribution in [3.8, 4) is 5.75 Å². The maximum atomic E-state index is 14.2. The number of nitrogens with zero attached hydrogens (tertiary/aromatic N) is 2. The van der Waals surface area contributed by atoms with Crippen LogP contribution in [0, 0.1) is 33.5 Å². The van der Waals surface area contributed by atoms with Gasteiger partial charge in [-0.3, -0.25) is 15.5 Å². The smallest absolute Gasteiger partial charge is 0.204 e. The molecule has 0 fully saturated rings. The zero-order valence-corrected chi connectivity index (χ0v) is 15.1. The highest BCUT2D eigenvalue weighted by Gasteiger charge is 2.51. The van der Waals surface area contributed by atoms with Gasteiger partial charge in [0.2, 0.25) is 6.54 Å². The lowest BCUT2D eigenvalue weighted by atomic mass is 9.87. The minimum atomic E-state index is -1.08. The zero-order valence-electron chi connectivity index (χ0n) is 14.3. The highest BCUT2D eigenvalue weighted by atomic mass is 32.2. The van der Waals surface area contributed by atoms with E-state index in [9.17, 15) is 23.3 Å².